The highest BCUT2D eigenvalue weighted by atomic mass is 32.2. The molecule has 1 aromatic rings. The number of nitrogens with one attached hydrogen (secondary N) is 1. The zero-order valence-electron chi connectivity index (χ0n) is 11.8. The Morgan fingerprint density at radius 1 is 1.40 bits per heavy atom. The molecule has 112 valence electrons. The Morgan fingerprint density at radius 2 is 2.05 bits per heavy atom. The number of sulfone groups is 1. The first kappa shape index (κ1) is 15.3. The molecular formula is C14H21NO4S. The molecule has 0 amide bonds. The SMILES string of the molecule is CNC1(CO)CCC(Oc2ccc(S(C)(=O)=O)cc2)C1. The molecule has 1 aliphatic carbocycles. The topological polar surface area (TPSA) is 75.6 Å². The van der Waals surface area contributed by atoms with Crippen molar-refractivity contribution in [2.75, 3.05) is 19.9 Å². The summed E-state index contributed by atoms with van der Waals surface area (Å²) in [4.78, 5) is 0.288. The van der Waals surface area contributed by atoms with Gasteiger partial charge in [0.1, 0.15) is 11.9 Å². The summed E-state index contributed by atoms with van der Waals surface area (Å²) in [5, 5.41) is 12.6. The van der Waals surface area contributed by atoms with Crippen molar-refractivity contribution in [2.45, 2.75) is 35.8 Å². The molecule has 0 spiro atoms. The molecule has 0 bridgehead atoms. The molecule has 0 aromatic heterocycles. The van der Waals surface area contributed by atoms with E-state index in [-0.39, 0.29) is 23.1 Å². The molecular weight excluding hydrogens is 278 g/mol. The van der Waals surface area contributed by atoms with Crippen molar-refractivity contribution in [3.63, 3.8) is 0 Å². The van der Waals surface area contributed by atoms with Crippen LogP contribution in [0, 0.1) is 0 Å². The third-order valence-electron chi connectivity index (χ3n) is 3.95. The fraction of sp³-hybridized carbons (Fsp3) is 0.571. The van der Waals surface area contributed by atoms with Crippen LogP contribution in [-0.2, 0) is 9.84 Å². The molecule has 2 unspecified atom stereocenters. The Kier molecular flexibility index (Phi) is 4.36. The number of benzene rings is 1. The third-order valence-corrected chi connectivity index (χ3v) is 5.08. The standard InChI is InChI=1S/C14H21NO4S/c1-15-14(10-16)8-7-12(9-14)19-11-3-5-13(6-4-11)20(2,17)18/h3-6,12,15-16H,7-10H2,1-2H3. The van der Waals surface area contributed by atoms with Crippen molar-refractivity contribution in [2.24, 2.45) is 0 Å². The van der Waals surface area contributed by atoms with Gasteiger partial charge in [0.15, 0.2) is 9.84 Å². The minimum absolute atomic E-state index is 0.0404. The Morgan fingerprint density at radius 3 is 2.50 bits per heavy atom. The maximum atomic E-state index is 11.4. The second-order valence-corrected chi connectivity index (χ2v) is 7.43. The number of aliphatic hydroxyl groups excluding tert-OH is 1. The van der Waals surface area contributed by atoms with Gasteiger partial charge in [-0.25, -0.2) is 8.42 Å². The molecule has 0 heterocycles. The second kappa shape index (κ2) is 5.71. The van der Waals surface area contributed by atoms with E-state index < -0.39 is 9.84 Å². The van der Waals surface area contributed by atoms with Gasteiger partial charge in [0.2, 0.25) is 0 Å². The summed E-state index contributed by atoms with van der Waals surface area (Å²) in [7, 11) is -1.33. The number of aliphatic hydroxyl groups is 1. The predicted molar refractivity (Wildman–Crippen MR) is 76.7 cm³/mol. The number of hydrogen-bond acceptors (Lipinski definition) is 5. The van der Waals surface area contributed by atoms with E-state index in [1.807, 2.05) is 7.05 Å². The van der Waals surface area contributed by atoms with E-state index in [4.69, 9.17) is 4.74 Å². The molecule has 1 fully saturated rings. The van der Waals surface area contributed by atoms with Gasteiger partial charge in [-0.3, -0.25) is 0 Å². The van der Waals surface area contributed by atoms with E-state index >= 15 is 0 Å². The van der Waals surface area contributed by atoms with Crippen LogP contribution in [0.4, 0.5) is 0 Å². The monoisotopic (exact) mass is 299 g/mol. The van der Waals surface area contributed by atoms with Crippen molar-refractivity contribution >= 4 is 9.84 Å². The Bertz CT molecular complexity index is 549. The molecule has 0 radical (unpaired) electrons. The predicted octanol–water partition coefficient (Wildman–Crippen LogP) is 0.972. The van der Waals surface area contributed by atoms with E-state index in [2.05, 4.69) is 5.32 Å². The van der Waals surface area contributed by atoms with Crippen LogP contribution in [-0.4, -0.2) is 45.1 Å². The van der Waals surface area contributed by atoms with Crippen LogP contribution in [0.25, 0.3) is 0 Å². The quantitative estimate of drug-likeness (QED) is 0.847. The van der Waals surface area contributed by atoms with Crippen LogP contribution in [0.2, 0.25) is 0 Å². The van der Waals surface area contributed by atoms with Crippen molar-refractivity contribution in [3.8, 4) is 5.75 Å². The fourth-order valence-electron chi connectivity index (χ4n) is 2.59. The van der Waals surface area contributed by atoms with Crippen LogP contribution < -0.4 is 10.1 Å². The molecule has 6 heteroatoms. The highest BCUT2D eigenvalue weighted by Gasteiger charge is 2.38. The van der Waals surface area contributed by atoms with Crippen LogP contribution in [0.15, 0.2) is 29.2 Å². The lowest BCUT2D eigenvalue weighted by Gasteiger charge is -2.26. The zero-order chi connectivity index (χ0) is 14.8. The molecule has 20 heavy (non-hydrogen) atoms. The van der Waals surface area contributed by atoms with Gasteiger partial charge in [0.25, 0.3) is 0 Å². The van der Waals surface area contributed by atoms with Crippen molar-refractivity contribution in [3.05, 3.63) is 24.3 Å². The van der Waals surface area contributed by atoms with Gasteiger partial charge >= 0.3 is 0 Å². The first-order valence-corrected chi connectivity index (χ1v) is 8.54. The molecule has 5 nitrogen and oxygen atoms in total. The second-order valence-electron chi connectivity index (χ2n) is 5.41. The van der Waals surface area contributed by atoms with Gasteiger partial charge in [0, 0.05) is 18.2 Å². The van der Waals surface area contributed by atoms with Gasteiger partial charge in [-0.2, -0.15) is 0 Å². The number of ether oxygens (including phenoxy) is 1. The van der Waals surface area contributed by atoms with Gasteiger partial charge in [0.05, 0.1) is 11.5 Å². The molecule has 2 N–H and O–H groups in total. The lowest BCUT2D eigenvalue weighted by Crippen LogP contribution is -2.44. The minimum atomic E-state index is -3.17. The average molecular weight is 299 g/mol. The molecule has 0 aliphatic heterocycles. The fourth-order valence-corrected chi connectivity index (χ4v) is 3.22. The Balaban J connectivity index is 2.02. The van der Waals surface area contributed by atoms with Crippen molar-refractivity contribution in [1.29, 1.82) is 0 Å². The molecule has 2 atom stereocenters. The largest absolute Gasteiger partial charge is 0.490 e. The smallest absolute Gasteiger partial charge is 0.175 e. The van der Waals surface area contributed by atoms with E-state index in [0.29, 0.717) is 5.75 Å². The van der Waals surface area contributed by atoms with Gasteiger partial charge in [-0.1, -0.05) is 0 Å². The molecule has 1 aliphatic rings. The normalized spacial score (nSPS) is 26.6. The summed E-state index contributed by atoms with van der Waals surface area (Å²) in [5.74, 6) is 0.659. The summed E-state index contributed by atoms with van der Waals surface area (Å²) < 4.78 is 28.6. The zero-order valence-corrected chi connectivity index (χ0v) is 12.6. The molecule has 1 saturated carbocycles. The van der Waals surface area contributed by atoms with Crippen LogP contribution in [0.3, 0.4) is 0 Å². The molecule has 0 saturated heterocycles. The van der Waals surface area contributed by atoms with Crippen LogP contribution >= 0.6 is 0 Å². The van der Waals surface area contributed by atoms with Gasteiger partial charge in [-0.05, 0) is 44.2 Å². The third kappa shape index (κ3) is 3.31. The van der Waals surface area contributed by atoms with E-state index in [1.54, 1.807) is 24.3 Å². The molecule has 1 aromatic carbocycles. The minimum Gasteiger partial charge on any atom is -0.490 e. The summed E-state index contributed by atoms with van der Waals surface area (Å²) in [5.41, 5.74) is -0.253. The summed E-state index contributed by atoms with van der Waals surface area (Å²) in [6, 6.07) is 6.46. The maximum Gasteiger partial charge on any atom is 0.175 e. The van der Waals surface area contributed by atoms with Crippen molar-refractivity contribution in [1.82, 2.24) is 5.32 Å². The van der Waals surface area contributed by atoms with E-state index in [1.165, 1.54) is 6.26 Å². The Labute approximate surface area is 119 Å². The molecule has 2 rings (SSSR count). The lowest BCUT2D eigenvalue weighted by atomic mass is 9.99. The number of rotatable bonds is 5. The van der Waals surface area contributed by atoms with E-state index in [9.17, 15) is 13.5 Å². The first-order valence-electron chi connectivity index (χ1n) is 6.65. The van der Waals surface area contributed by atoms with E-state index in [0.717, 1.165) is 19.3 Å². The lowest BCUT2D eigenvalue weighted by molar-refractivity contribution is 0.146. The van der Waals surface area contributed by atoms with Crippen LogP contribution in [0.5, 0.6) is 5.75 Å². The summed E-state index contributed by atoms with van der Waals surface area (Å²) in [6.07, 6.45) is 3.70. The summed E-state index contributed by atoms with van der Waals surface area (Å²) in [6.45, 7) is 0.0936. The highest BCUT2D eigenvalue weighted by molar-refractivity contribution is 7.90. The average Bonchev–Trinajstić information content (AvgIpc) is 2.82. The van der Waals surface area contributed by atoms with Gasteiger partial charge < -0.3 is 15.2 Å². The van der Waals surface area contributed by atoms with Crippen molar-refractivity contribution < 1.29 is 18.3 Å². The maximum absolute atomic E-state index is 11.4. The first-order chi connectivity index (χ1) is 9.38. The summed E-state index contributed by atoms with van der Waals surface area (Å²) >= 11 is 0. The highest BCUT2D eigenvalue weighted by Crippen LogP contribution is 2.32. The Hall–Kier alpha value is -1.11. The van der Waals surface area contributed by atoms with Crippen LogP contribution in [0.1, 0.15) is 19.3 Å². The van der Waals surface area contributed by atoms with Gasteiger partial charge in [-0.15, -0.1) is 0 Å². The number of likely N-dealkylation sites (N-methyl/N-ethyl adjacent to an activating group) is 1. The number of hydrogen-bond donors (Lipinski definition) is 2.